The minimum atomic E-state index is -0.105. The molecule has 1 fully saturated rings. The first-order valence-corrected chi connectivity index (χ1v) is 8.01. The van der Waals surface area contributed by atoms with Gasteiger partial charge in [0.15, 0.2) is 5.69 Å². The molecular weight excluding hydrogens is 278 g/mol. The van der Waals surface area contributed by atoms with Crippen LogP contribution < -0.4 is 5.56 Å². The highest BCUT2D eigenvalue weighted by Crippen LogP contribution is 2.18. The van der Waals surface area contributed by atoms with Crippen molar-refractivity contribution in [2.75, 3.05) is 13.1 Å². The van der Waals surface area contributed by atoms with Crippen molar-refractivity contribution in [2.24, 2.45) is 0 Å². The number of aryl methyl sites for hydroxylation is 1. The molecule has 0 N–H and O–H groups in total. The van der Waals surface area contributed by atoms with Crippen LogP contribution in [0.3, 0.4) is 0 Å². The molecule has 116 valence electrons. The van der Waals surface area contributed by atoms with Gasteiger partial charge in [-0.15, -0.1) is 0 Å². The highest BCUT2D eigenvalue weighted by molar-refractivity contribution is 6.05. The van der Waals surface area contributed by atoms with Gasteiger partial charge in [-0.3, -0.25) is 9.59 Å². The summed E-state index contributed by atoms with van der Waals surface area (Å²) in [5.74, 6) is -0.0632. The van der Waals surface area contributed by atoms with Gasteiger partial charge in [0.1, 0.15) is 0 Å². The molecule has 5 nitrogen and oxygen atoms in total. The number of likely N-dealkylation sites (tertiary alicyclic amines) is 1. The number of amides is 1. The highest BCUT2D eigenvalue weighted by atomic mass is 16.2. The molecule has 5 heteroatoms. The van der Waals surface area contributed by atoms with E-state index in [4.69, 9.17) is 0 Å². The standard InChI is InChI=1S/C17H21N3O2/c1-2-3-6-12-20-16(21)14-9-5-4-8-13(14)15(18-20)17(22)19-10-7-11-19/h4-5,8-9H,2-3,6-7,10-12H2,1H3. The van der Waals surface area contributed by atoms with E-state index in [2.05, 4.69) is 12.0 Å². The van der Waals surface area contributed by atoms with Crippen molar-refractivity contribution in [2.45, 2.75) is 39.2 Å². The first-order valence-electron chi connectivity index (χ1n) is 8.01. The zero-order chi connectivity index (χ0) is 15.5. The van der Waals surface area contributed by atoms with Crippen LogP contribution in [0.2, 0.25) is 0 Å². The molecule has 1 aromatic heterocycles. The number of benzene rings is 1. The zero-order valence-corrected chi connectivity index (χ0v) is 12.9. The van der Waals surface area contributed by atoms with Crippen molar-refractivity contribution < 1.29 is 4.79 Å². The fraction of sp³-hybridized carbons (Fsp3) is 0.471. The van der Waals surface area contributed by atoms with Crippen LogP contribution in [0.5, 0.6) is 0 Å². The summed E-state index contributed by atoms with van der Waals surface area (Å²) in [6, 6.07) is 7.27. The second-order valence-corrected chi connectivity index (χ2v) is 5.78. The molecule has 1 amide bonds. The Hall–Kier alpha value is -2.17. The van der Waals surface area contributed by atoms with Gasteiger partial charge in [-0.05, 0) is 18.9 Å². The van der Waals surface area contributed by atoms with E-state index in [0.29, 0.717) is 23.0 Å². The Bertz CT molecular complexity index is 747. The maximum Gasteiger partial charge on any atom is 0.274 e. The average molecular weight is 299 g/mol. The molecule has 0 saturated carbocycles. The van der Waals surface area contributed by atoms with E-state index in [1.807, 2.05) is 18.2 Å². The van der Waals surface area contributed by atoms with Crippen LogP contribution >= 0.6 is 0 Å². The fourth-order valence-corrected chi connectivity index (χ4v) is 2.73. The molecule has 1 aliphatic rings. The van der Waals surface area contributed by atoms with Crippen molar-refractivity contribution in [3.63, 3.8) is 0 Å². The summed E-state index contributed by atoms with van der Waals surface area (Å²) < 4.78 is 1.46. The highest BCUT2D eigenvalue weighted by Gasteiger charge is 2.25. The van der Waals surface area contributed by atoms with Gasteiger partial charge in [0, 0.05) is 25.0 Å². The summed E-state index contributed by atoms with van der Waals surface area (Å²) in [5.41, 5.74) is 0.304. The zero-order valence-electron chi connectivity index (χ0n) is 12.9. The lowest BCUT2D eigenvalue weighted by molar-refractivity contribution is 0.0645. The van der Waals surface area contributed by atoms with E-state index in [0.717, 1.165) is 38.8 Å². The Balaban J connectivity index is 2.06. The van der Waals surface area contributed by atoms with E-state index in [1.54, 1.807) is 11.0 Å². The first kappa shape index (κ1) is 14.8. The Morgan fingerprint density at radius 1 is 1.18 bits per heavy atom. The normalized spacial score (nSPS) is 14.1. The van der Waals surface area contributed by atoms with Gasteiger partial charge >= 0.3 is 0 Å². The summed E-state index contributed by atoms with van der Waals surface area (Å²) in [6.45, 7) is 4.25. The van der Waals surface area contributed by atoms with Crippen LogP contribution in [0.1, 0.15) is 43.1 Å². The molecule has 0 unspecified atom stereocenters. The Labute approximate surface area is 129 Å². The van der Waals surface area contributed by atoms with Gasteiger partial charge in [-0.25, -0.2) is 4.68 Å². The van der Waals surface area contributed by atoms with Crippen molar-refractivity contribution in [3.05, 3.63) is 40.3 Å². The van der Waals surface area contributed by atoms with Crippen LogP contribution in [0, 0.1) is 0 Å². The molecule has 1 saturated heterocycles. The minimum Gasteiger partial charge on any atom is -0.337 e. The molecule has 2 heterocycles. The SMILES string of the molecule is CCCCCn1nc(C(=O)N2CCC2)c2ccccc2c1=O. The Kier molecular flexibility index (Phi) is 4.22. The number of hydrogen-bond donors (Lipinski definition) is 0. The molecule has 0 bridgehead atoms. The predicted octanol–water partition coefficient (Wildman–Crippen LogP) is 2.43. The maximum atomic E-state index is 12.6. The minimum absolute atomic E-state index is 0.0632. The summed E-state index contributed by atoms with van der Waals surface area (Å²) in [6.07, 6.45) is 4.08. The summed E-state index contributed by atoms with van der Waals surface area (Å²) in [7, 11) is 0. The molecule has 22 heavy (non-hydrogen) atoms. The number of carbonyl (C=O) groups is 1. The Morgan fingerprint density at radius 2 is 1.91 bits per heavy atom. The lowest BCUT2D eigenvalue weighted by Crippen LogP contribution is -2.43. The number of aromatic nitrogens is 2. The van der Waals surface area contributed by atoms with Gasteiger partial charge in [-0.2, -0.15) is 5.10 Å². The molecule has 0 radical (unpaired) electrons. The van der Waals surface area contributed by atoms with Gasteiger partial charge < -0.3 is 4.90 Å². The second kappa shape index (κ2) is 6.30. The number of nitrogens with zero attached hydrogens (tertiary/aromatic N) is 3. The smallest absolute Gasteiger partial charge is 0.274 e. The molecular formula is C17H21N3O2. The average Bonchev–Trinajstić information content (AvgIpc) is 2.48. The second-order valence-electron chi connectivity index (χ2n) is 5.78. The van der Waals surface area contributed by atoms with Crippen molar-refractivity contribution in [1.82, 2.24) is 14.7 Å². The number of unbranched alkanes of at least 4 members (excludes halogenated alkanes) is 2. The van der Waals surface area contributed by atoms with Crippen LogP contribution in [0.25, 0.3) is 10.8 Å². The van der Waals surface area contributed by atoms with Crippen LogP contribution in [-0.2, 0) is 6.54 Å². The number of hydrogen-bond acceptors (Lipinski definition) is 3. The molecule has 0 aliphatic carbocycles. The summed E-state index contributed by atoms with van der Waals surface area (Å²) in [5, 5.41) is 5.63. The predicted molar refractivity (Wildman–Crippen MR) is 86.0 cm³/mol. The molecule has 1 aromatic carbocycles. The lowest BCUT2D eigenvalue weighted by Gasteiger charge is -2.30. The van der Waals surface area contributed by atoms with Crippen molar-refractivity contribution >= 4 is 16.7 Å². The monoisotopic (exact) mass is 299 g/mol. The molecule has 0 atom stereocenters. The number of fused-ring (bicyclic) bond motifs is 1. The molecule has 1 aliphatic heterocycles. The first-order chi connectivity index (χ1) is 10.7. The van der Waals surface area contributed by atoms with Gasteiger partial charge in [0.2, 0.25) is 0 Å². The van der Waals surface area contributed by atoms with E-state index < -0.39 is 0 Å². The van der Waals surface area contributed by atoms with Crippen LogP contribution in [0.4, 0.5) is 0 Å². The largest absolute Gasteiger partial charge is 0.337 e. The third-order valence-corrected chi connectivity index (χ3v) is 4.19. The van der Waals surface area contributed by atoms with Gasteiger partial charge in [0.05, 0.1) is 5.39 Å². The van der Waals surface area contributed by atoms with E-state index in [1.165, 1.54) is 4.68 Å². The summed E-state index contributed by atoms with van der Waals surface area (Å²) in [4.78, 5) is 26.9. The third-order valence-electron chi connectivity index (χ3n) is 4.19. The van der Waals surface area contributed by atoms with Crippen LogP contribution in [0.15, 0.2) is 29.1 Å². The Morgan fingerprint density at radius 3 is 2.55 bits per heavy atom. The summed E-state index contributed by atoms with van der Waals surface area (Å²) >= 11 is 0. The van der Waals surface area contributed by atoms with E-state index in [-0.39, 0.29) is 11.5 Å². The molecule has 2 aromatic rings. The molecule has 3 rings (SSSR count). The third kappa shape index (κ3) is 2.63. The number of carbonyl (C=O) groups excluding carboxylic acids is 1. The maximum absolute atomic E-state index is 12.6. The van der Waals surface area contributed by atoms with E-state index >= 15 is 0 Å². The molecule has 0 spiro atoms. The van der Waals surface area contributed by atoms with Crippen molar-refractivity contribution in [1.29, 1.82) is 0 Å². The van der Waals surface area contributed by atoms with Crippen LogP contribution in [-0.4, -0.2) is 33.7 Å². The lowest BCUT2D eigenvalue weighted by atomic mass is 10.1. The number of rotatable bonds is 5. The van der Waals surface area contributed by atoms with Gasteiger partial charge in [0.25, 0.3) is 11.5 Å². The fourth-order valence-electron chi connectivity index (χ4n) is 2.73. The van der Waals surface area contributed by atoms with Gasteiger partial charge in [-0.1, -0.05) is 38.0 Å². The quantitative estimate of drug-likeness (QED) is 0.797. The topological polar surface area (TPSA) is 55.2 Å². The van der Waals surface area contributed by atoms with E-state index in [9.17, 15) is 9.59 Å². The van der Waals surface area contributed by atoms with Crippen molar-refractivity contribution in [3.8, 4) is 0 Å².